The van der Waals surface area contributed by atoms with Crippen LogP contribution in [0, 0.1) is 0 Å². The highest BCUT2D eigenvalue weighted by Crippen LogP contribution is 2.28. The van der Waals surface area contributed by atoms with Crippen LogP contribution in [-0.2, 0) is 0 Å². The molecule has 0 saturated heterocycles. The molecule has 1 aromatic carbocycles. The van der Waals surface area contributed by atoms with E-state index in [0.717, 1.165) is 16.8 Å². The molecular formula is C15H11BrN2O3. The third kappa shape index (κ3) is 2.38. The van der Waals surface area contributed by atoms with Crippen molar-refractivity contribution < 1.29 is 14.6 Å². The van der Waals surface area contributed by atoms with Crippen molar-refractivity contribution >= 4 is 27.4 Å². The molecule has 0 aliphatic heterocycles. The first-order valence-electron chi connectivity index (χ1n) is 6.15. The van der Waals surface area contributed by atoms with Crippen molar-refractivity contribution in [1.29, 1.82) is 0 Å². The summed E-state index contributed by atoms with van der Waals surface area (Å²) in [6.45, 7) is 0. The van der Waals surface area contributed by atoms with Crippen LogP contribution in [-0.4, -0.2) is 27.6 Å². The number of hydrogen-bond acceptors (Lipinski definition) is 3. The Balaban J connectivity index is 2.26. The maximum atomic E-state index is 11.1. The molecule has 0 aliphatic carbocycles. The molecule has 5 nitrogen and oxygen atoms in total. The van der Waals surface area contributed by atoms with Crippen LogP contribution >= 0.6 is 15.9 Å². The maximum absolute atomic E-state index is 11.1. The number of aromatic nitrogens is 2. The molecule has 0 bridgehead atoms. The molecule has 0 atom stereocenters. The molecule has 6 heteroatoms. The lowest BCUT2D eigenvalue weighted by Crippen LogP contribution is -1.99. The zero-order chi connectivity index (χ0) is 15.0. The van der Waals surface area contributed by atoms with Crippen molar-refractivity contribution in [1.82, 2.24) is 9.38 Å². The number of ether oxygens (including phenoxy) is 1. The van der Waals surface area contributed by atoms with Crippen molar-refractivity contribution in [2.75, 3.05) is 7.11 Å². The van der Waals surface area contributed by atoms with Crippen LogP contribution in [0.25, 0.3) is 16.9 Å². The number of carbonyl (C=O) groups is 1. The van der Waals surface area contributed by atoms with Gasteiger partial charge in [-0.25, -0.2) is 9.78 Å². The molecule has 0 aliphatic rings. The lowest BCUT2D eigenvalue weighted by atomic mass is 10.2. The minimum Gasteiger partial charge on any atom is -0.497 e. The molecule has 1 N–H and O–H groups in total. The van der Waals surface area contributed by atoms with Gasteiger partial charge in [-0.1, -0.05) is 12.1 Å². The Kier molecular flexibility index (Phi) is 3.39. The Morgan fingerprint density at radius 1 is 1.33 bits per heavy atom. The van der Waals surface area contributed by atoms with Gasteiger partial charge in [-0.05, 0) is 40.2 Å². The first kappa shape index (κ1) is 13.6. The summed E-state index contributed by atoms with van der Waals surface area (Å²) >= 11 is 3.40. The van der Waals surface area contributed by atoms with Crippen LogP contribution in [0.4, 0.5) is 0 Å². The third-order valence-electron chi connectivity index (χ3n) is 3.17. The fourth-order valence-corrected chi connectivity index (χ4v) is 2.63. The van der Waals surface area contributed by atoms with Gasteiger partial charge in [0.15, 0.2) is 0 Å². The van der Waals surface area contributed by atoms with Crippen LogP contribution in [0.2, 0.25) is 0 Å². The fourth-order valence-electron chi connectivity index (χ4n) is 2.14. The first-order valence-corrected chi connectivity index (χ1v) is 6.95. The highest BCUT2D eigenvalue weighted by Gasteiger charge is 2.13. The van der Waals surface area contributed by atoms with Crippen molar-refractivity contribution in [3.8, 4) is 17.1 Å². The Labute approximate surface area is 128 Å². The average Bonchev–Trinajstić information content (AvgIpc) is 2.84. The number of imidazole rings is 1. The predicted molar refractivity (Wildman–Crippen MR) is 81.8 cm³/mol. The number of rotatable bonds is 3. The molecule has 2 heterocycles. The molecule has 3 rings (SSSR count). The number of hydrogen-bond donors (Lipinski definition) is 1. The molecule has 21 heavy (non-hydrogen) atoms. The summed E-state index contributed by atoms with van der Waals surface area (Å²) in [6.07, 6.45) is 1.56. The maximum Gasteiger partial charge on any atom is 0.337 e. The summed E-state index contributed by atoms with van der Waals surface area (Å²) in [5, 5.41) is 9.13. The topological polar surface area (TPSA) is 63.8 Å². The number of fused-ring (bicyclic) bond motifs is 1. The van der Waals surface area contributed by atoms with E-state index < -0.39 is 5.97 Å². The van der Waals surface area contributed by atoms with Gasteiger partial charge in [0, 0.05) is 11.8 Å². The lowest BCUT2D eigenvalue weighted by molar-refractivity contribution is 0.0696. The van der Waals surface area contributed by atoms with Gasteiger partial charge < -0.3 is 9.84 Å². The molecule has 3 aromatic rings. The van der Waals surface area contributed by atoms with E-state index in [1.165, 1.54) is 0 Å². The molecule has 0 radical (unpaired) electrons. The lowest BCUT2D eigenvalue weighted by Gasteiger charge is -2.05. The number of methoxy groups -OCH3 is 1. The standard InChI is InChI=1S/C15H11BrN2O3/c1-21-11-4-2-3-9(7-11)14-17-13(16)12-6-5-10(15(19)20)8-18(12)14/h2-8H,1H3,(H,19,20). The van der Waals surface area contributed by atoms with E-state index >= 15 is 0 Å². The Morgan fingerprint density at radius 3 is 2.86 bits per heavy atom. The summed E-state index contributed by atoms with van der Waals surface area (Å²) in [7, 11) is 1.60. The molecule has 0 saturated carbocycles. The summed E-state index contributed by atoms with van der Waals surface area (Å²) in [6, 6.07) is 10.7. The summed E-state index contributed by atoms with van der Waals surface area (Å²) in [5.74, 6) is 0.395. The van der Waals surface area contributed by atoms with E-state index in [9.17, 15) is 4.79 Å². The van der Waals surface area contributed by atoms with E-state index in [1.54, 1.807) is 29.8 Å². The molecule has 0 fully saturated rings. The second-order valence-electron chi connectivity index (χ2n) is 4.44. The van der Waals surface area contributed by atoms with Crippen molar-refractivity contribution in [3.05, 3.63) is 52.8 Å². The minimum absolute atomic E-state index is 0.205. The number of aromatic carboxylic acids is 1. The third-order valence-corrected chi connectivity index (χ3v) is 3.75. The Morgan fingerprint density at radius 2 is 2.14 bits per heavy atom. The Bertz CT molecular complexity index is 842. The number of carboxylic acid groups (broad SMARTS) is 1. The van der Waals surface area contributed by atoms with Crippen molar-refractivity contribution in [3.63, 3.8) is 0 Å². The highest BCUT2D eigenvalue weighted by atomic mass is 79.9. The number of benzene rings is 1. The SMILES string of the molecule is COc1cccc(-c2nc(Br)c3ccc(C(=O)O)cn23)c1. The summed E-state index contributed by atoms with van der Waals surface area (Å²) in [5.41, 5.74) is 1.85. The number of carboxylic acids is 1. The summed E-state index contributed by atoms with van der Waals surface area (Å²) in [4.78, 5) is 15.6. The van der Waals surface area contributed by atoms with Crippen molar-refractivity contribution in [2.24, 2.45) is 0 Å². The summed E-state index contributed by atoms with van der Waals surface area (Å²) < 4.78 is 7.63. The van der Waals surface area contributed by atoms with E-state index in [2.05, 4.69) is 20.9 Å². The number of halogens is 1. The van der Waals surface area contributed by atoms with Crippen LogP contribution in [0.15, 0.2) is 47.2 Å². The van der Waals surface area contributed by atoms with Gasteiger partial charge in [-0.3, -0.25) is 4.40 Å². The molecule has 2 aromatic heterocycles. The Hall–Kier alpha value is -2.34. The fraction of sp³-hybridized carbons (Fsp3) is 0.0667. The monoisotopic (exact) mass is 346 g/mol. The van der Waals surface area contributed by atoms with Crippen LogP contribution in [0.1, 0.15) is 10.4 Å². The molecular weight excluding hydrogens is 336 g/mol. The van der Waals surface area contributed by atoms with Gasteiger partial charge >= 0.3 is 5.97 Å². The number of pyridine rings is 1. The zero-order valence-electron chi connectivity index (χ0n) is 11.1. The van der Waals surface area contributed by atoms with Gasteiger partial charge in [0.25, 0.3) is 0 Å². The molecule has 0 spiro atoms. The van der Waals surface area contributed by atoms with Gasteiger partial charge in [0.2, 0.25) is 0 Å². The van der Waals surface area contributed by atoms with Crippen LogP contribution in [0.5, 0.6) is 5.75 Å². The van der Waals surface area contributed by atoms with Crippen molar-refractivity contribution in [2.45, 2.75) is 0 Å². The van der Waals surface area contributed by atoms with Crippen LogP contribution in [0.3, 0.4) is 0 Å². The average molecular weight is 347 g/mol. The quantitative estimate of drug-likeness (QED) is 0.788. The van der Waals surface area contributed by atoms with E-state index in [4.69, 9.17) is 9.84 Å². The number of nitrogens with zero attached hydrogens (tertiary/aromatic N) is 2. The van der Waals surface area contributed by atoms with E-state index in [1.807, 2.05) is 24.3 Å². The van der Waals surface area contributed by atoms with Gasteiger partial charge in [0.05, 0.1) is 18.2 Å². The second kappa shape index (κ2) is 5.21. The van der Waals surface area contributed by atoms with Gasteiger partial charge in [-0.2, -0.15) is 0 Å². The molecule has 106 valence electrons. The second-order valence-corrected chi connectivity index (χ2v) is 5.19. The molecule has 0 unspecified atom stereocenters. The molecule has 0 amide bonds. The van der Waals surface area contributed by atoms with E-state index in [0.29, 0.717) is 10.4 Å². The normalized spacial score (nSPS) is 10.8. The van der Waals surface area contributed by atoms with Gasteiger partial charge in [-0.15, -0.1) is 0 Å². The zero-order valence-corrected chi connectivity index (χ0v) is 12.7. The minimum atomic E-state index is -0.974. The first-order chi connectivity index (χ1) is 10.1. The van der Waals surface area contributed by atoms with Crippen LogP contribution < -0.4 is 4.74 Å². The van der Waals surface area contributed by atoms with E-state index in [-0.39, 0.29) is 5.56 Å². The predicted octanol–water partition coefficient (Wildman–Crippen LogP) is 3.47. The largest absolute Gasteiger partial charge is 0.497 e. The highest BCUT2D eigenvalue weighted by molar-refractivity contribution is 9.10. The van der Waals surface area contributed by atoms with Gasteiger partial charge in [0.1, 0.15) is 16.2 Å². The smallest absolute Gasteiger partial charge is 0.337 e.